The number of phenols is 1. The van der Waals surface area contributed by atoms with Crippen LogP contribution < -0.4 is 5.73 Å². The molecule has 1 fully saturated rings. The van der Waals surface area contributed by atoms with Gasteiger partial charge >= 0.3 is 0 Å². The van der Waals surface area contributed by atoms with Crippen molar-refractivity contribution in [3.8, 4) is 5.75 Å². The van der Waals surface area contributed by atoms with Crippen LogP contribution in [-0.2, 0) is 0 Å². The zero-order valence-corrected chi connectivity index (χ0v) is 7.16. The summed E-state index contributed by atoms with van der Waals surface area (Å²) in [6.45, 7) is 0. The van der Waals surface area contributed by atoms with Crippen molar-refractivity contribution < 1.29 is 9.90 Å². The SMILES string of the molecule is NC(=O)c1ccc(C2CC2)c(O)c1. The van der Waals surface area contributed by atoms with Gasteiger partial charge in [-0.3, -0.25) is 4.79 Å². The van der Waals surface area contributed by atoms with E-state index in [1.807, 2.05) is 0 Å². The summed E-state index contributed by atoms with van der Waals surface area (Å²) in [5.74, 6) is 0.179. The molecule has 68 valence electrons. The largest absolute Gasteiger partial charge is 0.508 e. The molecule has 13 heavy (non-hydrogen) atoms. The van der Waals surface area contributed by atoms with Crippen LogP contribution in [0.2, 0.25) is 0 Å². The molecule has 0 aliphatic heterocycles. The number of phenolic OH excluding ortho intramolecular Hbond substituents is 1. The molecule has 0 bridgehead atoms. The van der Waals surface area contributed by atoms with Crippen molar-refractivity contribution in [2.75, 3.05) is 0 Å². The minimum atomic E-state index is -0.502. The Bertz CT molecular complexity index is 356. The maximum Gasteiger partial charge on any atom is 0.248 e. The van der Waals surface area contributed by atoms with Crippen LogP contribution in [-0.4, -0.2) is 11.0 Å². The second kappa shape index (κ2) is 2.76. The normalized spacial score (nSPS) is 15.7. The van der Waals surface area contributed by atoms with Gasteiger partial charge in [-0.2, -0.15) is 0 Å². The van der Waals surface area contributed by atoms with E-state index in [4.69, 9.17) is 5.73 Å². The van der Waals surface area contributed by atoms with Crippen LogP contribution >= 0.6 is 0 Å². The fourth-order valence-corrected chi connectivity index (χ4v) is 1.44. The van der Waals surface area contributed by atoms with E-state index in [0.717, 1.165) is 18.4 Å². The molecule has 1 aliphatic carbocycles. The Morgan fingerprint density at radius 1 is 1.46 bits per heavy atom. The van der Waals surface area contributed by atoms with Crippen LogP contribution in [0.4, 0.5) is 0 Å². The van der Waals surface area contributed by atoms with Crippen molar-refractivity contribution in [3.05, 3.63) is 29.3 Å². The van der Waals surface area contributed by atoms with Crippen LogP contribution in [0, 0.1) is 0 Å². The first kappa shape index (κ1) is 8.10. The molecule has 1 saturated carbocycles. The van der Waals surface area contributed by atoms with Gasteiger partial charge in [0.2, 0.25) is 5.91 Å². The smallest absolute Gasteiger partial charge is 0.248 e. The van der Waals surface area contributed by atoms with Crippen molar-refractivity contribution >= 4 is 5.91 Å². The molecule has 1 aliphatic rings. The predicted octanol–water partition coefficient (Wildman–Crippen LogP) is 1.37. The van der Waals surface area contributed by atoms with E-state index >= 15 is 0 Å². The number of benzene rings is 1. The van der Waals surface area contributed by atoms with Gasteiger partial charge in [-0.15, -0.1) is 0 Å². The number of primary amides is 1. The van der Waals surface area contributed by atoms with Crippen molar-refractivity contribution in [2.24, 2.45) is 5.73 Å². The van der Waals surface area contributed by atoms with Crippen LogP contribution in [0.5, 0.6) is 5.75 Å². The molecular weight excluding hydrogens is 166 g/mol. The summed E-state index contributed by atoms with van der Waals surface area (Å²) < 4.78 is 0. The van der Waals surface area contributed by atoms with Gasteiger partial charge in [-0.05, 0) is 36.5 Å². The highest BCUT2D eigenvalue weighted by Crippen LogP contribution is 2.43. The molecule has 0 atom stereocenters. The van der Waals surface area contributed by atoms with Crippen LogP contribution in [0.3, 0.4) is 0 Å². The molecule has 3 N–H and O–H groups in total. The fraction of sp³-hybridized carbons (Fsp3) is 0.300. The molecule has 1 aromatic carbocycles. The molecule has 0 radical (unpaired) electrons. The van der Waals surface area contributed by atoms with E-state index in [-0.39, 0.29) is 5.75 Å². The summed E-state index contributed by atoms with van der Waals surface area (Å²) in [6, 6.07) is 4.89. The molecule has 1 aromatic rings. The number of carbonyl (C=O) groups is 1. The zero-order chi connectivity index (χ0) is 9.42. The Morgan fingerprint density at radius 2 is 2.15 bits per heavy atom. The Kier molecular flexibility index (Phi) is 1.72. The first-order chi connectivity index (χ1) is 6.18. The lowest BCUT2D eigenvalue weighted by Crippen LogP contribution is -2.10. The first-order valence-electron chi connectivity index (χ1n) is 4.31. The Balaban J connectivity index is 2.36. The number of rotatable bonds is 2. The van der Waals surface area contributed by atoms with Crippen LogP contribution in [0.25, 0.3) is 0 Å². The molecule has 0 heterocycles. The lowest BCUT2D eigenvalue weighted by molar-refractivity contribution is 0.1000. The molecule has 0 aromatic heterocycles. The van der Waals surface area contributed by atoms with Crippen molar-refractivity contribution in [3.63, 3.8) is 0 Å². The van der Waals surface area contributed by atoms with Gasteiger partial charge in [-0.25, -0.2) is 0 Å². The maximum atomic E-state index is 10.8. The predicted molar refractivity (Wildman–Crippen MR) is 48.6 cm³/mol. The summed E-state index contributed by atoms with van der Waals surface area (Å²) in [7, 11) is 0. The Hall–Kier alpha value is -1.51. The summed E-state index contributed by atoms with van der Waals surface area (Å²) in [5.41, 5.74) is 6.37. The van der Waals surface area contributed by atoms with Gasteiger partial charge in [-0.1, -0.05) is 6.07 Å². The van der Waals surface area contributed by atoms with E-state index in [2.05, 4.69) is 0 Å². The third kappa shape index (κ3) is 1.49. The van der Waals surface area contributed by atoms with E-state index in [1.165, 1.54) is 6.07 Å². The van der Waals surface area contributed by atoms with Crippen molar-refractivity contribution in [1.29, 1.82) is 0 Å². The average Bonchev–Trinajstić information content (AvgIpc) is 2.87. The highest BCUT2D eigenvalue weighted by molar-refractivity contribution is 5.93. The summed E-state index contributed by atoms with van der Waals surface area (Å²) in [5, 5.41) is 9.54. The van der Waals surface area contributed by atoms with Crippen LogP contribution in [0.15, 0.2) is 18.2 Å². The van der Waals surface area contributed by atoms with Gasteiger partial charge in [0.25, 0.3) is 0 Å². The molecule has 3 nitrogen and oxygen atoms in total. The van der Waals surface area contributed by atoms with Gasteiger partial charge in [0.1, 0.15) is 5.75 Å². The zero-order valence-electron chi connectivity index (χ0n) is 7.16. The first-order valence-corrected chi connectivity index (χ1v) is 4.31. The Labute approximate surface area is 76.2 Å². The molecule has 3 heteroatoms. The van der Waals surface area contributed by atoms with Crippen molar-refractivity contribution in [2.45, 2.75) is 18.8 Å². The average molecular weight is 177 g/mol. The number of carbonyl (C=O) groups excluding carboxylic acids is 1. The number of hydrogen-bond donors (Lipinski definition) is 2. The lowest BCUT2D eigenvalue weighted by Gasteiger charge is -2.03. The highest BCUT2D eigenvalue weighted by Gasteiger charge is 2.26. The van der Waals surface area contributed by atoms with Gasteiger partial charge in [0.15, 0.2) is 0 Å². The maximum absolute atomic E-state index is 10.8. The Morgan fingerprint density at radius 3 is 2.62 bits per heavy atom. The fourth-order valence-electron chi connectivity index (χ4n) is 1.44. The third-order valence-electron chi connectivity index (χ3n) is 2.33. The third-order valence-corrected chi connectivity index (χ3v) is 2.33. The number of amides is 1. The van der Waals surface area contributed by atoms with Gasteiger partial charge in [0.05, 0.1) is 0 Å². The number of hydrogen-bond acceptors (Lipinski definition) is 2. The quantitative estimate of drug-likeness (QED) is 0.716. The number of aromatic hydroxyl groups is 1. The lowest BCUT2D eigenvalue weighted by atomic mass is 10.1. The second-order valence-corrected chi connectivity index (χ2v) is 3.41. The van der Waals surface area contributed by atoms with Crippen LogP contribution in [0.1, 0.15) is 34.7 Å². The minimum Gasteiger partial charge on any atom is -0.508 e. The number of nitrogens with two attached hydrogens (primary N) is 1. The molecular formula is C10H11NO2. The summed E-state index contributed by atoms with van der Waals surface area (Å²) in [4.78, 5) is 10.8. The standard InChI is InChI=1S/C10H11NO2/c11-10(13)7-3-4-8(6-1-2-6)9(12)5-7/h3-6,12H,1-2H2,(H2,11,13). The van der Waals surface area contributed by atoms with E-state index in [0.29, 0.717) is 11.5 Å². The molecule has 0 unspecified atom stereocenters. The molecule has 2 rings (SSSR count). The highest BCUT2D eigenvalue weighted by atomic mass is 16.3. The van der Waals surface area contributed by atoms with E-state index in [1.54, 1.807) is 12.1 Å². The van der Waals surface area contributed by atoms with Gasteiger partial charge < -0.3 is 10.8 Å². The molecule has 0 spiro atoms. The molecule has 1 amide bonds. The van der Waals surface area contributed by atoms with Crippen molar-refractivity contribution in [1.82, 2.24) is 0 Å². The van der Waals surface area contributed by atoms with E-state index < -0.39 is 5.91 Å². The van der Waals surface area contributed by atoms with E-state index in [9.17, 15) is 9.90 Å². The second-order valence-electron chi connectivity index (χ2n) is 3.41. The molecule has 0 saturated heterocycles. The minimum absolute atomic E-state index is 0.193. The monoisotopic (exact) mass is 177 g/mol. The summed E-state index contributed by atoms with van der Waals surface area (Å²) >= 11 is 0. The summed E-state index contributed by atoms with van der Waals surface area (Å²) in [6.07, 6.45) is 2.26. The van der Waals surface area contributed by atoms with Gasteiger partial charge in [0, 0.05) is 5.56 Å². The topological polar surface area (TPSA) is 63.3 Å².